The second kappa shape index (κ2) is 8.04. The highest BCUT2D eigenvalue weighted by atomic mass is 16.3. The van der Waals surface area contributed by atoms with Crippen molar-refractivity contribution in [3.63, 3.8) is 0 Å². The van der Waals surface area contributed by atoms with Gasteiger partial charge in [-0.15, -0.1) is 0 Å². The topological polar surface area (TPSA) is 35.5 Å². The molecule has 3 nitrogen and oxygen atoms in total. The van der Waals surface area contributed by atoms with Crippen LogP contribution in [0.4, 0.5) is 0 Å². The van der Waals surface area contributed by atoms with E-state index in [-0.39, 0.29) is 12.1 Å². The van der Waals surface area contributed by atoms with Crippen molar-refractivity contribution in [2.45, 2.75) is 59.0 Å². The van der Waals surface area contributed by atoms with Crippen molar-refractivity contribution in [3.05, 3.63) is 0 Å². The average Bonchev–Trinajstić information content (AvgIpc) is 2.32. The molecular formula is C13H30N2O. The lowest BCUT2D eigenvalue weighted by Gasteiger charge is -2.37. The molecule has 0 aliphatic heterocycles. The highest BCUT2D eigenvalue weighted by molar-refractivity contribution is 4.87. The van der Waals surface area contributed by atoms with Gasteiger partial charge in [0.25, 0.3) is 0 Å². The zero-order chi connectivity index (χ0) is 12.6. The van der Waals surface area contributed by atoms with E-state index in [2.05, 4.69) is 44.8 Å². The summed E-state index contributed by atoms with van der Waals surface area (Å²) in [5.74, 6) is 0. The number of hydrogen-bond acceptors (Lipinski definition) is 3. The van der Waals surface area contributed by atoms with E-state index in [0.717, 1.165) is 32.5 Å². The van der Waals surface area contributed by atoms with Crippen LogP contribution in [-0.4, -0.2) is 47.8 Å². The van der Waals surface area contributed by atoms with E-state index in [4.69, 9.17) is 0 Å². The second-order valence-corrected chi connectivity index (χ2v) is 4.97. The fraction of sp³-hybridized carbons (Fsp3) is 1.00. The minimum atomic E-state index is -0.171. The fourth-order valence-electron chi connectivity index (χ4n) is 1.87. The molecule has 0 aliphatic carbocycles. The van der Waals surface area contributed by atoms with Gasteiger partial charge < -0.3 is 10.4 Å². The first-order valence-corrected chi connectivity index (χ1v) is 6.62. The summed E-state index contributed by atoms with van der Waals surface area (Å²) < 4.78 is 0. The van der Waals surface area contributed by atoms with Gasteiger partial charge in [-0.1, -0.05) is 20.8 Å². The van der Waals surface area contributed by atoms with Crippen molar-refractivity contribution in [2.24, 2.45) is 0 Å². The van der Waals surface area contributed by atoms with Crippen LogP contribution in [0.1, 0.15) is 47.5 Å². The maximum atomic E-state index is 9.52. The first kappa shape index (κ1) is 15.9. The molecule has 0 bridgehead atoms. The van der Waals surface area contributed by atoms with Crippen molar-refractivity contribution in [3.8, 4) is 0 Å². The number of likely N-dealkylation sites (N-methyl/N-ethyl adjacent to an activating group) is 1. The quantitative estimate of drug-likeness (QED) is 0.634. The Morgan fingerprint density at radius 1 is 1.31 bits per heavy atom. The van der Waals surface area contributed by atoms with Gasteiger partial charge in [-0.05, 0) is 39.8 Å². The smallest absolute Gasteiger partial charge is 0.0623 e. The first-order chi connectivity index (χ1) is 7.52. The van der Waals surface area contributed by atoms with Gasteiger partial charge in [-0.2, -0.15) is 0 Å². The summed E-state index contributed by atoms with van der Waals surface area (Å²) in [6.45, 7) is 14.0. The van der Waals surface area contributed by atoms with Gasteiger partial charge in [0.1, 0.15) is 0 Å². The van der Waals surface area contributed by atoms with Gasteiger partial charge in [0.15, 0.2) is 0 Å². The number of rotatable bonds is 9. The van der Waals surface area contributed by atoms with Crippen molar-refractivity contribution in [1.82, 2.24) is 10.2 Å². The molecule has 0 radical (unpaired) electrons. The van der Waals surface area contributed by atoms with E-state index in [9.17, 15) is 5.11 Å². The number of aliphatic hydroxyl groups excluding tert-OH is 1. The van der Waals surface area contributed by atoms with Crippen molar-refractivity contribution in [1.29, 1.82) is 0 Å². The van der Waals surface area contributed by atoms with Gasteiger partial charge >= 0.3 is 0 Å². The van der Waals surface area contributed by atoms with Crippen LogP contribution in [0.5, 0.6) is 0 Å². The van der Waals surface area contributed by atoms with Crippen molar-refractivity contribution >= 4 is 0 Å². The predicted molar refractivity (Wildman–Crippen MR) is 70.8 cm³/mol. The highest BCUT2D eigenvalue weighted by Gasteiger charge is 2.26. The first-order valence-electron chi connectivity index (χ1n) is 6.62. The highest BCUT2D eigenvalue weighted by Crippen LogP contribution is 2.11. The maximum Gasteiger partial charge on any atom is 0.0623 e. The Labute approximate surface area is 101 Å². The van der Waals surface area contributed by atoms with Crippen LogP contribution in [0.25, 0.3) is 0 Å². The molecule has 0 rings (SSSR count). The Hall–Kier alpha value is -0.120. The zero-order valence-corrected chi connectivity index (χ0v) is 11.7. The number of aliphatic hydroxyl groups is 1. The molecule has 0 saturated heterocycles. The molecule has 2 N–H and O–H groups in total. The van der Waals surface area contributed by atoms with E-state index < -0.39 is 0 Å². The summed E-state index contributed by atoms with van der Waals surface area (Å²) in [7, 11) is 0. The summed E-state index contributed by atoms with van der Waals surface area (Å²) in [6.07, 6.45) is 2.26. The molecule has 16 heavy (non-hydrogen) atoms. The van der Waals surface area contributed by atoms with Crippen LogP contribution < -0.4 is 5.32 Å². The minimum absolute atomic E-state index is 0.171. The van der Waals surface area contributed by atoms with Gasteiger partial charge in [-0.3, -0.25) is 4.90 Å². The van der Waals surface area contributed by atoms with Crippen LogP contribution in [0.2, 0.25) is 0 Å². The Morgan fingerprint density at radius 3 is 2.31 bits per heavy atom. The Morgan fingerprint density at radius 2 is 1.94 bits per heavy atom. The Balaban J connectivity index is 4.35. The summed E-state index contributed by atoms with van der Waals surface area (Å²) in [5, 5.41) is 13.0. The fourth-order valence-corrected chi connectivity index (χ4v) is 1.87. The lowest BCUT2D eigenvalue weighted by Crippen LogP contribution is -2.55. The van der Waals surface area contributed by atoms with Crippen LogP contribution in [0, 0.1) is 0 Å². The van der Waals surface area contributed by atoms with E-state index in [1.54, 1.807) is 0 Å². The largest absolute Gasteiger partial charge is 0.394 e. The van der Waals surface area contributed by atoms with Crippen LogP contribution in [-0.2, 0) is 0 Å². The maximum absolute atomic E-state index is 9.52. The van der Waals surface area contributed by atoms with E-state index in [1.807, 2.05) is 0 Å². The summed E-state index contributed by atoms with van der Waals surface area (Å²) in [4.78, 5) is 2.43. The van der Waals surface area contributed by atoms with Crippen LogP contribution in [0.15, 0.2) is 0 Å². The lowest BCUT2D eigenvalue weighted by molar-refractivity contribution is 0.101. The van der Waals surface area contributed by atoms with Crippen molar-refractivity contribution in [2.75, 3.05) is 26.2 Å². The van der Waals surface area contributed by atoms with Gasteiger partial charge in [0.05, 0.1) is 12.1 Å². The standard InChI is InChI=1S/C13H30N2O/c1-6-9-14-13(5,11-16)10-15(8-3)12(4)7-2/h12,14,16H,6-11H2,1-5H3. The summed E-state index contributed by atoms with van der Waals surface area (Å²) in [5.41, 5.74) is -0.171. The molecule has 2 atom stereocenters. The molecule has 0 aromatic heterocycles. The Kier molecular flexibility index (Phi) is 7.98. The summed E-state index contributed by atoms with van der Waals surface area (Å²) in [6, 6.07) is 0.583. The second-order valence-electron chi connectivity index (χ2n) is 4.97. The molecule has 0 amide bonds. The van der Waals surface area contributed by atoms with Gasteiger partial charge in [0.2, 0.25) is 0 Å². The molecule has 3 heteroatoms. The normalized spacial score (nSPS) is 17.4. The predicted octanol–water partition coefficient (Wildman–Crippen LogP) is 1.86. The number of nitrogens with zero attached hydrogens (tertiary/aromatic N) is 1. The number of nitrogens with one attached hydrogen (secondary N) is 1. The Bertz CT molecular complexity index is 175. The average molecular weight is 230 g/mol. The third kappa shape index (κ3) is 5.28. The molecular weight excluding hydrogens is 200 g/mol. The molecule has 0 heterocycles. The van der Waals surface area contributed by atoms with Crippen molar-refractivity contribution < 1.29 is 5.11 Å². The molecule has 0 saturated carbocycles. The third-order valence-electron chi connectivity index (χ3n) is 3.32. The number of hydrogen-bond donors (Lipinski definition) is 2. The van der Waals surface area contributed by atoms with E-state index in [0.29, 0.717) is 6.04 Å². The molecule has 0 fully saturated rings. The third-order valence-corrected chi connectivity index (χ3v) is 3.32. The SMILES string of the molecule is CCCNC(C)(CO)CN(CC)C(C)CC. The van der Waals surface area contributed by atoms with E-state index >= 15 is 0 Å². The van der Waals surface area contributed by atoms with Crippen LogP contribution >= 0.6 is 0 Å². The lowest BCUT2D eigenvalue weighted by atomic mass is 10.0. The monoisotopic (exact) mass is 230 g/mol. The van der Waals surface area contributed by atoms with Gasteiger partial charge in [0, 0.05) is 12.6 Å². The molecule has 98 valence electrons. The van der Waals surface area contributed by atoms with Gasteiger partial charge in [-0.25, -0.2) is 0 Å². The molecule has 0 aromatic rings. The zero-order valence-electron chi connectivity index (χ0n) is 11.7. The molecule has 0 spiro atoms. The molecule has 2 unspecified atom stereocenters. The minimum Gasteiger partial charge on any atom is -0.394 e. The summed E-state index contributed by atoms with van der Waals surface area (Å²) >= 11 is 0. The van der Waals surface area contributed by atoms with Crippen LogP contribution in [0.3, 0.4) is 0 Å². The molecule has 0 aliphatic rings. The molecule has 0 aromatic carbocycles. The van der Waals surface area contributed by atoms with E-state index in [1.165, 1.54) is 0 Å².